The molecule has 1 aromatic carbocycles. The van der Waals surface area contributed by atoms with E-state index in [9.17, 15) is 4.79 Å². The van der Waals surface area contributed by atoms with Crippen molar-refractivity contribution in [1.82, 2.24) is 10.2 Å². The Bertz CT molecular complexity index is 461. The van der Waals surface area contributed by atoms with Gasteiger partial charge in [0.2, 0.25) is 5.91 Å². The van der Waals surface area contributed by atoms with Crippen molar-refractivity contribution in [3.8, 4) is 0 Å². The molecule has 2 rings (SSSR count). The molecule has 2 atom stereocenters. The molecule has 1 saturated heterocycles. The molecule has 1 heterocycles. The second-order valence-corrected chi connectivity index (χ2v) is 5.54. The average Bonchev–Trinajstić information content (AvgIpc) is 2.47. The molecule has 1 unspecified atom stereocenters. The second kappa shape index (κ2) is 7.07. The van der Waals surface area contributed by atoms with Crippen LogP contribution in [-0.2, 0) is 9.53 Å². The SMILES string of the molecule is CC(N[C@H](C)c1cccc(Cl)c1)C(=O)N1CCOCC1. The lowest BCUT2D eigenvalue weighted by atomic mass is 10.1. The third kappa shape index (κ3) is 3.95. The third-order valence-corrected chi connectivity index (χ3v) is 3.78. The van der Waals surface area contributed by atoms with Crippen molar-refractivity contribution < 1.29 is 9.53 Å². The van der Waals surface area contributed by atoms with E-state index in [-0.39, 0.29) is 18.0 Å². The van der Waals surface area contributed by atoms with Crippen molar-refractivity contribution in [2.75, 3.05) is 26.3 Å². The summed E-state index contributed by atoms with van der Waals surface area (Å²) in [5.41, 5.74) is 1.08. The van der Waals surface area contributed by atoms with Crippen molar-refractivity contribution in [2.45, 2.75) is 25.9 Å². The van der Waals surface area contributed by atoms with Crippen LogP contribution in [0.2, 0.25) is 5.02 Å². The second-order valence-electron chi connectivity index (χ2n) is 5.10. The molecule has 110 valence electrons. The average molecular weight is 297 g/mol. The summed E-state index contributed by atoms with van der Waals surface area (Å²) in [5, 5.41) is 4.04. The van der Waals surface area contributed by atoms with Crippen molar-refractivity contribution in [1.29, 1.82) is 0 Å². The third-order valence-electron chi connectivity index (χ3n) is 3.54. The standard InChI is InChI=1S/C15H21ClN2O2/c1-11(13-4-3-5-14(16)10-13)17-12(2)15(19)18-6-8-20-9-7-18/h3-5,10-12,17H,6-9H2,1-2H3/t11-,12?/m1/s1. The maximum absolute atomic E-state index is 12.3. The first-order valence-electron chi connectivity index (χ1n) is 6.96. The monoisotopic (exact) mass is 296 g/mol. The Labute approximate surface area is 125 Å². The largest absolute Gasteiger partial charge is 0.378 e. The topological polar surface area (TPSA) is 41.6 Å². The molecule has 0 saturated carbocycles. The van der Waals surface area contributed by atoms with E-state index >= 15 is 0 Å². The fourth-order valence-corrected chi connectivity index (χ4v) is 2.57. The molecular weight excluding hydrogens is 276 g/mol. The van der Waals surface area contributed by atoms with E-state index < -0.39 is 0 Å². The highest BCUT2D eigenvalue weighted by molar-refractivity contribution is 6.30. The van der Waals surface area contributed by atoms with Gasteiger partial charge in [-0.25, -0.2) is 0 Å². The van der Waals surface area contributed by atoms with Gasteiger partial charge in [-0.3, -0.25) is 10.1 Å². The van der Waals surface area contributed by atoms with Crippen LogP contribution in [0.3, 0.4) is 0 Å². The van der Waals surface area contributed by atoms with Crippen molar-refractivity contribution in [2.24, 2.45) is 0 Å². The molecule has 1 fully saturated rings. The number of carbonyl (C=O) groups is 1. The highest BCUT2D eigenvalue weighted by Crippen LogP contribution is 2.18. The minimum atomic E-state index is -0.220. The zero-order valence-corrected chi connectivity index (χ0v) is 12.7. The number of carbonyl (C=O) groups excluding carboxylic acids is 1. The van der Waals surface area contributed by atoms with Gasteiger partial charge in [0.05, 0.1) is 19.3 Å². The molecule has 0 radical (unpaired) electrons. The van der Waals surface area contributed by atoms with Crippen LogP contribution in [0.15, 0.2) is 24.3 Å². The number of amides is 1. The van der Waals surface area contributed by atoms with Gasteiger partial charge in [0.1, 0.15) is 0 Å². The molecule has 20 heavy (non-hydrogen) atoms. The molecule has 1 aliphatic rings. The summed E-state index contributed by atoms with van der Waals surface area (Å²) in [6.45, 7) is 6.55. The molecule has 0 aliphatic carbocycles. The number of hydrogen-bond acceptors (Lipinski definition) is 3. The summed E-state index contributed by atoms with van der Waals surface area (Å²) in [6.07, 6.45) is 0. The molecule has 0 bridgehead atoms. The van der Waals surface area contributed by atoms with E-state index in [0.717, 1.165) is 5.56 Å². The van der Waals surface area contributed by atoms with Gasteiger partial charge in [-0.15, -0.1) is 0 Å². The van der Waals surface area contributed by atoms with Gasteiger partial charge in [0.25, 0.3) is 0 Å². The Kier molecular flexibility index (Phi) is 5.40. The summed E-state index contributed by atoms with van der Waals surface area (Å²) >= 11 is 5.99. The smallest absolute Gasteiger partial charge is 0.239 e. The molecule has 1 aromatic rings. The normalized spacial score (nSPS) is 18.6. The van der Waals surface area contributed by atoms with Crippen molar-refractivity contribution >= 4 is 17.5 Å². The number of hydrogen-bond donors (Lipinski definition) is 1. The predicted octanol–water partition coefficient (Wildman–Crippen LogP) is 2.24. The first kappa shape index (κ1) is 15.3. The number of nitrogens with zero attached hydrogens (tertiary/aromatic N) is 1. The quantitative estimate of drug-likeness (QED) is 0.926. The fourth-order valence-electron chi connectivity index (χ4n) is 2.38. The maximum atomic E-state index is 12.3. The van der Waals surface area contributed by atoms with Crippen LogP contribution in [0, 0.1) is 0 Å². The number of rotatable bonds is 4. The predicted molar refractivity (Wildman–Crippen MR) is 79.9 cm³/mol. The van der Waals surface area contributed by atoms with Crippen LogP contribution in [0.25, 0.3) is 0 Å². The lowest BCUT2D eigenvalue weighted by Gasteiger charge is -2.30. The van der Waals surface area contributed by atoms with Crippen LogP contribution in [0.5, 0.6) is 0 Å². The summed E-state index contributed by atoms with van der Waals surface area (Å²) in [7, 11) is 0. The number of ether oxygens (including phenoxy) is 1. The van der Waals surface area contributed by atoms with E-state index in [0.29, 0.717) is 31.3 Å². The van der Waals surface area contributed by atoms with Crippen molar-refractivity contribution in [3.63, 3.8) is 0 Å². The zero-order valence-electron chi connectivity index (χ0n) is 11.9. The van der Waals surface area contributed by atoms with Crippen LogP contribution >= 0.6 is 11.6 Å². The van der Waals surface area contributed by atoms with E-state index in [1.807, 2.05) is 43.0 Å². The van der Waals surface area contributed by atoms with Crippen LogP contribution in [-0.4, -0.2) is 43.2 Å². The lowest BCUT2D eigenvalue weighted by Crippen LogP contribution is -2.49. The first-order valence-corrected chi connectivity index (χ1v) is 7.34. The van der Waals surface area contributed by atoms with Crippen LogP contribution in [0.1, 0.15) is 25.5 Å². The Morgan fingerprint density at radius 1 is 1.35 bits per heavy atom. The van der Waals surface area contributed by atoms with Gasteiger partial charge in [-0.2, -0.15) is 0 Å². The van der Waals surface area contributed by atoms with E-state index in [2.05, 4.69) is 5.32 Å². The number of nitrogens with one attached hydrogen (secondary N) is 1. The lowest BCUT2D eigenvalue weighted by molar-refractivity contribution is -0.137. The van der Waals surface area contributed by atoms with Gasteiger partial charge >= 0.3 is 0 Å². The summed E-state index contributed by atoms with van der Waals surface area (Å²) in [5.74, 6) is 0.127. The van der Waals surface area contributed by atoms with E-state index in [1.165, 1.54) is 0 Å². The molecule has 5 heteroatoms. The Balaban J connectivity index is 1.92. The van der Waals surface area contributed by atoms with Gasteiger partial charge in [-0.1, -0.05) is 23.7 Å². The van der Waals surface area contributed by atoms with Gasteiger partial charge < -0.3 is 9.64 Å². The molecule has 4 nitrogen and oxygen atoms in total. The van der Waals surface area contributed by atoms with Gasteiger partial charge in [0, 0.05) is 24.2 Å². The van der Waals surface area contributed by atoms with Crippen LogP contribution < -0.4 is 5.32 Å². The summed E-state index contributed by atoms with van der Waals surface area (Å²) < 4.78 is 5.26. The highest BCUT2D eigenvalue weighted by atomic mass is 35.5. The zero-order chi connectivity index (χ0) is 14.5. The molecule has 1 aliphatic heterocycles. The first-order chi connectivity index (χ1) is 9.58. The maximum Gasteiger partial charge on any atom is 0.239 e. The van der Waals surface area contributed by atoms with Gasteiger partial charge in [-0.05, 0) is 31.5 Å². The van der Waals surface area contributed by atoms with Crippen LogP contribution in [0.4, 0.5) is 0 Å². The Morgan fingerprint density at radius 3 is 2.70 bits per heavy atom. The minimum Gasteiger partial charge on any atom is -0.378 e. The molecule has 0 spiro atoms. The van der Waals surface area contributed by atoms with Crippen molar-refractivity contribution in [3.05, 3.63) is 34.9 Å². The van der Waals surface area contributed by atoms with Gasteiger partial charge in [0.15, 0.2) is 0 Å². The highest BCUT2D eigenvalue weighted by Gasteiger charge is 2.23. The summed E-state index contributed by atoms with van der Waals surface area (Å²) in [4.78, 5) is 14.2. The molecule has 1 N–H and O–H groups in total. The summed E-state index contributed by atoms with van der Waals surface area (Å²) in [6, 6.07) is 7.56. The Hall–Kier alpha value is -1.10. The van der Waals surface area contributed by atoms with E-state index in [4.69, 9.17) is 16.3 Å². The number of halogens is 1. The minimum absolute atomic E-state index is 0.0775. The number of morpholine rings is 1. The molecular formula is C15H21ClN2O2. The Morgan fingerprint density at radius 2 is 2.05 bits per heavy atom. The molecule has 0 aromatic heterocycles. The fraction of sp³-hybridized carbons (Fsp3) is 0.533. The number of benzene rings is 1. The van der Waals surface area contributed by atoms with E-state index in [1.54, 1.807) is 0 Å². The molecule has 1 amide bonds.